The molecule has 1 amide bonds. The van der Waals surface area contributed by atoms with Crippen molar-refractivity contribution in [3.05, 3.63) is 12.2 Å². The highest BCUT2D eigenvalue weighted by atomic mass is 16.3. The van der Waals surface area contributed by atoms with Gasteiger partial charge in [0.1, 0.15) is 0 Å². The lowest BCUT2D eigenvalue weighted by Gasteiger charge is -2.06. The lowest BCUT2D eigenvalue weighted by Crippen LogP contribution is -2.30. The average Bonchev–Trinajstić information content (AvgIpc) is 2.56. The number of rotatable bonds is 17. The zero-order valence-electron chi connectivity index (χ0n) is 16.2. The first kappa shape index (κ1) is 23.2. The van der Waals surface area contributed by atoms with E-state index in [4.69, 9.17) is 5.11 Å². The molecule has 1 atom stereocenters. The van der Waals surface area contributed by atoms with Gasteiger partial charge in [0.05, 0.1) is 6.10 Å². The third-order valence-corrected chi connectivity index (χ3v) is 4.26. The molecule has 0 heterocycles. The number of nitrogens with one attached hydrogen (secondary N) is 1. The maximum Gasteiger partial charge on any atom is 0.220 e. The maximum absolute atomic E-state index is 11.5. The Morgan fingerprint density at radius 2 is 1.38 bits per heavy atom. The van der Waals surface area contributed by atoms with Crippen molar-refractivity contribution in [2.75, 3.05) is 6.54 Å². The van der Waals surface area contributed by atoms with Gasteiger partial charge in [-0.2, -0.15) is 0 Å². The van der Waals surface area contributed by atoms with Crippen LogP contribution in [0.25, 0.3) is 0 Å². The smallest absolute Gasteiger partial charge is 0.220 e. The highest BCUT2D eigenvalue weighted by Gasteiger charge is 2.02. The number of aliphatic hydroxyl groups is 1. The monoisotopic (exact) mass is 339 g/mol. The van der Waals surface area contributed by atoms with E-state index in [1.54, 1.807) is 6.92 Å². The molecule has 2 N–H and O–H groups in total. The summed E-state index contributed by atoms with van der Waals surface area (Å²) in [5.41, 5.74) is 0. The topological polar surface area (TPSA) is 49.3 Å². The van der Waals surface area contributed by atoms with Crippen LogP contribution in [0.3, 0.4) is 0 Å². The molecule has 0 unspecified atom stereocenters. The van der Waals surface area contributed by atoms with Crippen molar-refractivity contribution < 1.29 is 9.90 Å². The van der Waals surface area contributed by atoms with Crippen LogP contribution in [0.2, 0.25) is 0 Å². The van der Waals surface area contributed by atoms with Crippen LogP contribution in [0.15, 0.2) is 12.2 Å². The molecule has 24 heavy (non-hydrogen) atoms. The number of carbonyl (C=O) groups excluding carboxylic acids is 1. The van der Waals surface area contributed by atoms with E-state index in [-0.39, 0.29) is 5.91 Å². The molecular weight excluding hydrogens is 298 g/mol. The Kier molecular flexibility index (Phi) is 17.9. The summed E-state index contributed by atoms with van der Waals surface area (Å²) in [6.07, 6.45) is 21.4. The molecule has 0 aliphatic rings. The number of hydrogen-bond donors (Lipinski definition) is 2. The average molecular weight is 340 g/mol. The molecule has 0 aromatic rings. The van der Waals surface area contributed by atoms with E-state index in [9.17, 15) is 4.79 Å². The number of hydrogen-bond acceptors (Lipinski definition) is 2. The van der Waals surface area contributed by atoms with Crippen LogP contribution in [0.4, 0.5) is 0 Å². The molecule has 0 radical (unpaired) electrons. The molecule has 0 aromatic heterocycles. The summed E-state index contributed by atoms with van der Waals surface area (Å²) in [5, 5.41) is 11.8. The number of carbonyl (C=O) groups is 1. The third-order valence-electron chi connectivity index (χ3n) is 4.26. The van der Waals surface area contributed by atoms with Crippen LogP contribution in [0.5, 0.6) is 0 Å². The SMILES string of the molecule is CCCCCCCC/C=C/CCCCCCCC(=O)NC[C@H](C)O. The van der Waals surface area contributed by atoms with Gasteiger partial charge in [0.15, 0.2) is 0 Å². The van der Waals surface area contributed by atoms with Crippen LogP contribution in [0, 0.1) is 0 Å². The van der Waals surface area contributed by atoms with Gasteiger partial charge in [-0.15, -0.1) is 0 Å². The molecular formula is C21H41NO2. The lowest BCUT2D eigenvalue weighted by molar-refractivity contribution is -0.121. The molecule has 3 heteroatoms. The Morgan fingerprint density at radius 3 is 1.92 bits per heavy atom. The predicted octanol–water partition coefficient (Wildman–Crippen LogP) is 5.52. The molecule has 0 fully saturated rings. The van der Waals surface area contributed by atoms with Gasteiger partial charge in [-0.3, -0.25) is 4.79 Å². The van der Waals surface area contributed by atoms with E-state index in [0.717, 1.165) is 12.8 Å². The standard InChI is InChI=1S/C21H41NO2/c1-3-4-5-6-7-8-9-10-11-12-13-14-15-16-17-18-21(24)22-19-20(2)23/h10-11,20,23H,3-9,12-19H2,1-2H3,(H,22,24)/b11-10+/t20-/m0/s1. The van der Waals surface area contributed by atoms with Crippen molar-refractivity contribution in [1.29, 1.82) is 0 Å². The van der Waals surface area contributed by atoms with Crippen molar-refractivity contribution in [3.8, 4) is 0 Å². The molecule has 0 bridgehead atoms. The van der Waals surface area contributed by atoms with Crippen LogP contribution >= 0.6 is 0 Å². The Morgan fingerprint density at radius 1 is 0.875 bits per heavy atom. The Hall–Kier alpha value is -0.830. The number of allylic oxidation sites excluding steroid dienone is 2. The fourth-order valence-corrected chi connectivity index (χ4v) is 2.71. The second-order valence-corrected chi connectivity index (χ2v) is 6.99. The molecule has 0 rings (SSSR count). The van der Waals surface area contributed by atoms with Gasteiger partial charge in [-0.05, 0) is 39.0 Å². The van der Waals surface area contributed by atoms with Crippen molar-refractivity contribution >= 4 is 5.91 Å². The number of unbranched alkanes of at least 4 members (excludes halogenated alkanes) is 11. The van der Waals surface area contributed by atoms with Gasteiger partial charge in [0.25, 0.3) is 0 Å². The molecule has 0 saturated heterocycles. The molecule has 0 spiro atoms. The van der Waals surface area contributed by atoms with E-state index in [2.05, 4.69) is 24.4 Å². The van der Waals surface area contributed by atoms with Crippen LogP contribution in [-0.4, -0.2) is 23.7 Å². The first-order valence-electron chi connectivity index (χ1n) is 10.3. The van der Waals surface area contributed by atoms with Crippen molar-refractivity contribution in [3.63, 3.8) is 0 Å². The van der Waals surface area contributed by atoms with E-state index >= 15 is 0 Å². The minimum atomic E-state index is -0.455. The maximum atomic E-state index is 11.5. The van der Waals surface area contributed by atoms with Gasteiger partial charge in [0, 0.05) is 13.0 Å². The van der Waals surface area contributed by atoms with Gasteiger partial charge in [-0.25, -0.2) is 0 Å². The largest absolute Gasteiger partial charge is 0.392 e. The fraction of sp³-hybridized carbons (Fsp3) is 0.857. The summed E-state index contributed by atoms with van der Waals surface area (Å²) in [5.74, 6) is 0.0635. The Labute approximate surface area is 150 Å². The Bertz CT molecular complexity index is 300. The van der Waals surface area contributed by atoms with E-state index < -0.39 is 6.10 Å². The molecule has 0 saturated carbocycles. The minimum absolute atomic E-state index is 0.0635. The summed E-state index contributed by atoms with van der Waals surface area (Å²) >= 11 is 0. The van der Waals surface area contributed by atoms with E-state index in [0.29, 0.717) is 13.0 Å². The molecule has 0 aliphatic carbocycles. The first-order valence-corrected chi connectivity index (χ1v) is 10.3. The highest BCUT2D eigenvalue weighted by Crippen LogP contribution is 2.09. The normalized spacial score (nSPS) is 12.6. The fourth-order valence-electron chi connectivity index (χ4n) is 2.71. The quantitative estimate of drug-likeness (QED) is 0.271. The van der Waals surface area contributed by atoms with E-state index in [1.165, 1.54) is 70.6 Å². The van der Waals surface area contributed by atoms with Crippen molar-refractivity contribution in [1.82, 2.24) is 5.32 Å². The second-order valence-electron chi connectivity index (χ2n) is 6.99. The van der Waals surface area contributed by atoms with Crippen molar-refractivity contribution in [2.45, 2.75) is 110 Å². The Balaban J connectivity index is 3.19. The van der Waals surface area contributed by atoms with Crippen LogP contribution < -0.4 is 5.32 Å². The summed E-state index contributed by atoms with van der Waals surface area (Å²) in [6, 6.07) is 0. The predicted molar refractivity (Wildman–Crippen MR) is 104 cm³/mol. The zero-order chi connectivity index (χ0) is 17.9. The van der Waals surface area contributed by atoms with Crippen LogP contribution in [0.1, 0.15) is 104 Å². The highest BCUT2D eigenvalue weighted by molar-refractivity contribution is 5.75. The summed E-state index contributed by atoms with van der Waals surface area (Å²) in [4.78, 5) is 11.5. The zero-order valence-corrected chi connectivity index (χ0v) is 16.2. The molecule has 3 nitrogen and oxygen atoms in total. The lowest BCUT2D eigenvalue weighted by atomic mass is 10.1. The van der Waals surface area contributed by atoms with Gasteiger partial charge < -0.3 is 10.4 Å². The summed E-state index contributed by atoms with van der Waals surface area (Å²) in [6.45, 7) is 4.31. The number of amides is 1. The summed E-state index contributed by atoms with van der Waals surface area (Å²) in [7, 11) is 0. The van der Waals surface area contributed by atoms with Gasteiger partial charge in [0.2, 0.25) is 5.91 Å². The van der Waals surface area contributed by atoms with E-state index in [1.807, 2.05) is 0 Å². The molecule has 142 valence electrons. The summed E-state index contributed by atoms with van der Waals surface area (Å²) < 4.78 is 0. The van der Waals surface area contributed by atoms with Crippen LogP contribution in [-0.2, 0) is 4.79 Å². The second kappa shape index (κ2) is 18.5. The van der Waals surface area contributed by atoms with Gasteiger partial charge >= 0.3 is 0 Å². The number of aliphatic hydroxyl groups excluding tert-OH is 1. The third kappa shape index (κ3) is 19.2. The molecule has 0 aliphatic heterocycles. The molecule has 0 aromatic carbocycles. The minimum Gasteiger partial charge on any atom is -0.392 e. The van der Waals surface area contributed by atoms with Crippen molar-refractivity contribution in [2.24, 2.45) is 0 Å². The first-order chi connectivity index (χ1) is 11.7. The van der Waals surface area contributed by atoms with Gasteiger partial charge in [-0.1, -0.05) is 70.4 Å².